The first-order valence-corrected chi connectivity index (χ1v) is 7.50. The van der Waals surface area contributed by atoms with Gasteiger partial charge in [0.1, 0.15) is 0 Å². The van der Waals surface area contributed by atoms with Crippen LogP contribution in [-0.2, 0) is 0 Å². The van der Waals surface area contributed by atoms with Crippen molar-refractivity contribution in [1.82, 2.24) is 0 Å². The van der Waals surface area contributed by atoms with Crippen molar-refractivity contribution in [2.45, 2.75) is 69.2 Å². The van der Waals surface area contributed by atoms with Crippen molar-refractivity contribution in [3.8, 4) is 0 Å². The molecule has 0 aromatic carbocycles. The van der Waals surface area contributed by atoms with Crippen molar-refractivity contribution in [2.24, 2.45) is 10.8 Å². The van der Waals surface area contributed by atoms with Crippen molar-refractivity contribution < 1.29 is 31.1 Å². The standard InChI is InChI=1S/2C10H15.ClH.U/c2*1-7-6-10(4,5)9(3)8(7)2;;/h2*1-5H3;1H;/q2*-1;;+2. The second-order valence-electron chi connectivity index (χ2n) is 7.25. The third-order valence-corrected chi connectivity index (χ3v) is 5.12. The Morgan fingerprint density at radius 2 is 0.818 bits per heavy atom. The molecule has 0 bridgehead atoms. The summed E-state index contributed by atoms with van der Waals surface area (Å²) in [5, 5.41) is 0. The van der Waals surface area contributed by atoms with Gasteiger partial charge in [-0.25, -0.2) is 11.1 Å². The molecule has 0 heterocycles. The van der Waals surface area contributed by atoms with Crippen LogP contribution in [-0.4, -0.2) is 0 Å². The molecule has 0 N–H and O–H groups in total. The van der Waals surface area contributed by atoms with Gasteiger partial charge in [0.25, 0.3) is 0 Å². The van der Waals surface area contributed by atoms with E-state index in [9.17, 15) is 0 Å². The second-order valence-corrected chi connectivity index (χ2v) is 7.25. The van der Waals surface area contributed by atoms with Crippen molar-refractivity contribution in [3.05, 3.63) is 45.6 Å². The van der Waals surface area contributed by atoms with Gasteiger partial charge in [0.15, 0.2) is 0 Å². The smallest absolute Gasteiger partial charge is 0.263 e. The van der Waals surface area contributed by atoms with Crippen molar-refractivity contribution >= 4 is 12.4 Å². The fourth-order valence-electron chi connectivity index (χ4n) is 2.81. The molecule has 0 nitrogen and oxygen atoms in total. The van der Waals surface area contributed by atoms with E-state index in [4.69, 9.17) is 0 Å². The molecular formula is C20H31ClU. The van der Waals surface area contributed by atoms with Crippen LogP contribution in [0.3, 0.4) is 0 Å². The van der Waals surface area contributed by atoms with Gasteiger partial charge in [0.2, 0.25) is 0 Å². The zero-order valence-corrected chi connectivity index (χ0v) is 20.9. The predicted molar refractivity (Wildman–Crippen MR) is 96.4 cm³/mol. The molecule has 0 spiro atoms. The maximum absolute atomic E-state index is 3.44. The number of hydrogen-bond donors (Lipinski definition) is 0. The fourth-order valence-corrected chi connectivity index (χ4v) is 2.81. The molecule has 122 valence electrons. The average molecular weight is 545 g/mol. The molecule has 2 rings (SSSR count). The molecule has 0 aromatic heterocycles. The molecule has 22 heavy (non-hydrogen) atoms. The van der Waals surface area contributed by atoms with E-state index in [2.05, 4.69) is 81.4 Å². The maximum Gasteiger partial charge on any atom is 2.00 e. The van der Waals surface area contributed by atoms with E-state index < -0.39 is 0 Å². The summed E-state index contributed by atoms with van der Waals surface area (Å²) in [6.07, 6.45) is 6.87. The first kappa shape index (κ1) is 24.6. The summed E-state index contributed by atoms with van der Waals surface area (Å²) < 4.78 is 0. The van der Waals surface area contributed by atoms with E-state index in [0.29, 0.717) is 0 Å². The Morgan fingerprint density at radius 3 is 0.864 bits per heavy atom. The van der Waals surface area contributed by atoms with Crippen LogP contribution >= 0.6 is 12.4 Å². The summed E-state index contributed by atoms with van der Waals surface area (Å²) in [5.41, 5.74) is 8.79. The molecule has 0 unspecified atom stereocenters. The normalized spacial score (nSPS) is 21.4. The van der Waals surface area contributed by atoms with Crippen molar-refractivity contribution in [2.75, 3.05) is 0 Å². The third kappa shape index (κ3) is 5.16. The molecule has 0 radical (unpaired) electrons. The van der Waals surface area contributed by atoms with E-state index in [1.807, 2.05) is 0 Å². The number of rotatable bonds is 0. The topological polar surface area (TPSA) is 0 Å². The Bertz CT molecular complexity index is 490. The molecule has 2 aliphatic rings. The van der Waals surface area contributed by atoms with E-state index in [1.165, 1.54) is 33.4 Å². The Kier molecular flexibility index (Phi) is 9.39. The van der Waals surface area contributed by atoms with Crippen LogP contribution in [0.4, 0.5) is 0 Å². The van der Waals surface area contributed by atoms with Crippen LogP contribution in [0.2, 0.25) is 0 Å². The summed E-state index contributed by atoms with van der Waals surface area (Å²) in [7, 11) is 0. The number of halogens is 1. The van der Waals surface area contributed by atoms with Crippen LogP contribution in [0.25, 0.3) is 0 Å². The van der Waals surface area contributed by atoms with Gasteiger partial charge in [-0.3, -0.25) is 12.2 Å². The number of allylic oxidation sites excluding steroid dienone is 8. The predicted octanol–water partition coefficient (Wildman–Crippen LogP) is 6.65. The Balaban J connectivity index is 0. The van der Waals surface area contributed by atoms with Gasteiger partial charge in [-0.05, 0) is 0 Å². The molecular weight excluding hydrogens is 514 g/mol. The largest absolute Gasteiger partial charge is 2.00 e. The second kappa shape index (κ2) is 8.41. The first-order valence-electron chi connectivity index (χ1n) is 7.50. The van der Waals surface area contributed by atoms with E-state index >= 15 is 0 Å². The van der Waals surface area contributed by atoms with Crippen molar-refractivity contribution in [3.63, 3.8) is 0 Å². The van der Waals surface area contributed by atoms with Crippen LogP contribution in [0, 0.1) is 54.1 Å². The summed E-state index contributed by atoms with van der Waals surface area (Å²) in [6.45, 7) is 21.8. The zero-order chi connectivity index (χ0) is 15.9. The molecule has 2 aliphatic carbocycles. The Morgan fingerprint density at radius 1 is 0.591 bits per heavy atom. The molecule has 0 saturated carbocycles. The summed E-state index contributed by atoms with van der Waals surface area (Å²) >= 11 is 0. The van der Waals surface area contributed by atoms with Gasteiger partial charge in [0.05, 0.1) is 0 Å². The zero-order valence-electron chi connectivity index (χ0n) is 15.9. The minimum absolute atomic E-state index is 0. The van der Waals surface area contributed by atoms with E-state index in [1.54, 1.807) is 0 Å². The van der Waals surface area contributed by atoms with Crippen LogP contribution in [0.1, 0.15) is 69.2 Å². The van der Waals surface area contributed by atoms with Gasteiger partial charge in [-0.15, -0.1) is 26.3 Å². The number of hydrogen-bond acceptors (Lipinski definition) is 0. The van der Waals surface area contributed by atoms with Crippen LogP contribution in [0.15, 0.2) is 33.4 Å². The molecule has 0 amide bonds. The van der Waals surface area contributed by atoms with Crippen molar-refractivity contribution in [1.29, 1.82) is 0 Å². The van der Waals surface area contributed by atoms with Gasteiger partial charge in [-0.2, -0.15) is 22.3 Å². The van der Waals surface area contributed by atoms with Gasteiger partial charge < -0.3 is 0 Å². The minimum Gasteiger partial charge on any atom is -0.263 e. The average Bonchev–Trinajstić information content (AvgIpc) is 2.60. The van der Waals surface area contributed by atoms with Crippen LogP contribution < -0.4 is 0 Å². The SMILES string of the molecule is CC1=[C-]C(C)(C)C(C)=C1C.CC1=[C-]C(C)(C)C(C)=C1C.Cl.[U+2]. The van der Waals surface area contributed by atoms with Gasteiger partial charge in [0, 0.05) is 0 Å². The Hall–Kier alpha value is 0.302. The van der Waals surface area contributed by atoms with E-state index in [0.717, 1.165) is 0 Å². The molecule has 2 heteroatoms. The van der Waals surface area contributed by atoms with Crippen LogP contribution in [0.5, 0.6) is 0 Å². The van der Waals surface area contributed by atoms with Gasteiger partial charge in [-0.1, -0.05) is 66.2 Å². The summed E-state index contributed by atoms with van der Waals surface area (Å²) in [5.74, 6) is 0. The maximum atomic E-state index is 3.44. The molecule has 0 saturated heterocycles. The Labute approximate surface area is 168 Å². The summed E-state index contributed by atoms with van der Waals surface area (Å²) in [4.78, 5) is 0. The molecule has 0 aliphatic heterocycles. The molecule has 0 atom stereocenters. The van der Waals surface area contributed by atoms with E-state index in [-0.39, 0.29) is 54.4 Å². The first-order chi connectivity index (χ1) is 8.90. The fraction of sp³-hybridized carbons (Fsp3) is 0.600. The minimum atomic E-state index is 0. The molecule has 0 fully saturated rings. The third-order valence-electron chi connectivity index (χ3n) is 5.12. The molecule has 0 aromatic rings. The quantitative estimate of drug-likeness (QED) is 0.300. The monoisotopic (exact) mass is 544 g/mol. The van der Waals surface area contributed by atoms with Gasteiger partial charge >= 0.3 is 31.1 Å². The summed E-state index contributed by atoms with van der Waals surface area (Å²) in [6, 6.07) is 0.